The second kappa shape index (κ2) is 4.67. The number of ether oxygens (including phenoxy) is 1. The van der Waals surface area contributed by atoms with Gasteiger partial charge >= 0.3 is 5.97 Å². The Balaban J connectivity index is 1.76. The van der Waals surface area contributed by atoms with Gasteiger partial charge in [-0.1, -0.05) is 20.8 Å². The van der Waals surface area contributed by atoms with Crippen molar-refractivity contribution in [2.45, 2.75) is 52.9 Å². The van der Waals surface area contributed by atoms with Crippen LogP contribution in [0.2, 0.25) is 0 Å². The molecule has 0 spiro atoms. The molecule has 6 atom stereocenters. The van der Waals surface area contributed by atoms with Crippen molar-refractivity contribution >= 4 is 17.5 Å². The average molecular weight is 318 g/mol. The lowest BCUT2D eigenvalue weighted by Gasteiger charge is -2.50. The van der Waals surface area contributed by atoms with E-state index in [2.05, 4.69) is 6.92 Å². The third-order valence-electron chi connectivity index (χ3n) is 7.70. The van der Waals surface area contributed by atoms with E-state index in [1.54, 1.807) is 0 Å². The molecule has 2 bridgehead atoms. The van der Waals surface area contributed by atoms with Crippen molar-refractivity contribution in [1.29, 1.82) is 0 Å². The van der Waals surface area contributed by atoms with Crippen molar-refractivity contribution in [1.82, 2.24) is 0 Å². The number of esters is 1. The highest BCUT2D eigenvalue weighted by atomic mass is 16.5. The monoisotopic (exact) mass is 318 g/mol. The van der Waals surface area contributed by atoms with Crippen molar-refractivity contribution < 1.29 is 19.1 Å². The molecule has 0 radical (unpaired) electrons. The predicted molar refractivity (Wildman–Crippen MR) is 83.4 cm³/mol. The first-order chi connectivity index (χ1) is 10.8. The number of rotatable bonds is 1. The molecule has 126 valence electrons. The van der Waals surface area contributed by atoms with Gasteiger partial charge < -0.3 is 4.74 Å². The molecule has 1 aliphatic heterocycles. The van der Waals surface area contributed by atoms with Crippen LogP contribution in [0.3, 0.4) is 0 Å². The minimum absolute atomic E-state index is 0.0738. The van der Waals surface area contributed by atoms with Gasteiger partial charge in [0.15, 0.2) is 0 Å². The minimum atomic E-state index is -0.671. The van der Waals surface area contributed by atoms with Crippen LogP contribution in [0, 0.1) is 40.4 Å². The van der Waals surface area contributed by atoms with Gasteiger partial charge in [0.1, 0.15) is 11.6 Å². The van der Waals surface area contributed by atoms with Gasteiger partial charge in [0, 0.05) is 29.1 Å². The van der Waals surface area contributed by atoms with Gasteiger partial charge in [-0.3, -0.25) is 14.4 Å². The molecule has 1 saturated heterocycles. The van der Waals surface area contributed by atoms with Crippen molar-refractivity contribution in [3.8, 4) is 0 Å². The highest BCUT2D eigenvalue weighted by Crippen LogP contribution is 2.63. The normalized spacial score (nSPS) is 48.3. The lowest BCUT2D eigenvalue weighted by atomic mass is 9.49. The van der Waals surface area contributed by atoms with Crippen molar-refractivity contribution in [2.75, 3.05) is 6.61 Å². The summed E-state index contributed by atoms with van der Waals surface area (Å²) in [5, 5.41) is 0. The Morgan fingerprint density at radius 1 is 1.13 bits per heavy atom. The molecular weight excluding hydrogens is 292 g/mol. The van der Waals surface area contributed by atoms with Crippen molar-refractivity contribution in [3.05, 3.63) is 0 Å². The number of cyclic esters (lactones) is 1. The molecule has 4 rings (SSSR count). The van der Waals surface area contributed by atoms with E-state index in [1.165, 1.54) is 0 Å². The summed E-state index contributed by atoms with van der Waals surface area (Å²) in [6.07, 6.45) is 4.27. The number of carbonyl (C=O) groups excluding carboxylic acids is 3. The van der Waals surface area contributed by atoms with Crippen LogP contribution in [0.15, 0.2) is 0 Å². The summed E-state index contributed by atoms with van der Waals surface area (Å²) in [7, 11) is 0. The van der Waals surface area contributed by atoms with Gasteiger partial charge in [-0.2, -0.15) is 0 Å². The average Bonchev–Trinajstić information content (AvgIpc) is 2.97. The zero-order valence-corrected chi connectivity index (χ0v) is 14.3. The first kappa shape index (κ1) is 15.3. The van der Waals surface area contributed by atoms with E-state index in [1.807, 2.05) is 13.8 Å². The molecule has 4 fully saturated rings. The molecule has 1 heterocycles. The van der Waals surface area contributed by atoms with Crippen LogP contribution in [0.1, 0.15) is 52.9 Å². The zero-order chi connectivity index (χ0) is 16.6. The number of hydrogen-bond donors (Lipinski definition) is 0. The molecule has 0 N–H and O–H groups in total. The minimum Gasteiger partial charge on any atom is -0.465 e. The van der Waals surface area contributed by atoms with E-state index in [9.17, 15) is 14.4 Å². The molecule has 3 aliphatic carbocycles. The Morgan fingerprint density at radius 3 is 2.61 bits per heavy atom. The Hall–Kier alpha value is -1.19. The third kappa shape index (κ3) is 1.81. The summed E-state index contributed by atoms with van der Waals surface area (Å²) in [4.78, 5) is 37.7. The van der Waals surface area contributed by atoms with Gasteiger partial charge in [-0.25, -0.2) is 0 Å². The van der Waals surface area contributed by atoms with E-state index in [0.29, 0.717) is 31.1 Å². The largest absolute Gasteiger partial charge is 0.465 e. The van der Waals surface area contributed by atoms with Gasteiger partial charge in [0.05, 0.1) is 12.5 Å². The Kier molecular flexibility index (Phi) is 3.12. The van der Waals surface area contributed by atoms with E-state index in [4.69, 9.17) is 4.74 Å². The first-order valence-electron chi connectivity index (χ1n) is 9.02. The van der Waals surface area contributed by atoms with Gasteiger partial charge in [-0.05, 0) is 37.5 Å². The van der Waals surface area contributed by atoms with Gasteiger partial charge in [0.25, 0.3) is 0 Å². The second-order valence-electron chi connectivity index (χ2n) is 8.90. The smallest absolute Gasteiger partial charge is 0.310 e. The Labute approximate surface area is 137 Å². The molecular formula is C19H26O4. The molecule has 4 aliphatic rings. The summed E-state index contributed by atoms with van der Waals surface area (Å²) >= 11 is 0. The lowest BCUT2D eigenvalue weighted by molar-refractivity contribution is -0.155. The van der Waals surface area contributed by atoms with Crippen LogP contribution in [-0.2, 0) is 19.1 Å². The molecule has 0 aromatic carbocycles. The van der Waals surface area contributed by atoms with E-state index in [-0.39, 0.29) is 40.8 Å². The highest BCUT2D eigenvalue weighted by molar-refractivity contribution is 5.93. The van der Waals surface area contributed by atoms with Crippen LogP contribution < -0.4 is 0 Å². The Bertz CT molecular complexity index is 592. The fourth-order valence-corrected chi connectivity index (χ4v) is 6.40. The van der Waals surface area contributed by atoms with Crippen molar-refractivity contribution in [3.63, 3.8) is 0 Å². The van der Waals surface area contributed by atoms with Crippen LogP contribution in [0.5, 0.6) is 0 Å². The molecule has 4 nitrogen and oxygen atoms in total. The van der Waals surface area contributed by atoms with Crippen LogP contribution >= 0.6 is 0 Å². The van der Waals surface area contributed by atoms with E-state index >= 15 is 0 Å². The van der Waals surface area contributed by atoms with Gasteiger partial charge in [-0.15, -0.1) is 0 Å². The number of hydrogen-bond acceptors (Lipinski definition) is 4. The summed E-state index contributed by atoms with van der Waals surface area (Å²) in [5.41, 5.74) is -0.972. The van der Waals surface area contributed by atoms with E-state index < -0.39 is 5.41 Å². The van der Waals surface area contributed by atoms with Crippen LogP contribution in [0.4, 0.5) is 0 Å². The molecule has 0 aromatic heterocycles. The molecule has 0 aromatic rings. The SMILES string of the molecule is CC1C(=O)C2CC1CCC2C12CCC(=O)C(C)(C)C1C(=O)OC2. The van der Waals surface area contributed by atoms with Crippen molar-refractivity contribution in [2.24, 2.45) is 40.4 Å². The lowest BCUT2D eigenvalue weighted by Crippen LogP contribution is -2.54. The summed E-state index contributed by atoms with van der Waals surface area (Å²) in [6, 6.07) is 0. The van der Waals surface area contributed by atoms with Crippen LogP contribution in [0.25, 0.3) is 0 Å². The predicted octanol–water partition coefficient (Wildman–Crippen LogP) is 2.79. The highest BCUT2D eigenvalue weighted by Gasteiger charge is 2.67. The maximum absolute atomic E-state index is 12.7. The Morgan fingerprint density at radius 2 is 1.87 bits per heavy atom. The topological polar surface area (TPSA) is 60.4 Å². The fraction of sp³-hybridized carbons (Fsp3) is 0.842. The van der Waals surface area contributed by atoms with E-state index in [0.717, 1.165) is 19.3 Å². The quantitative estimate of drug-likeness (QED) is 0.698. The molecule has 3 saturated carbocycles. The maximum atomic E-state index is 12.7. The fourth-order valence-electron chi connectivity index (χ4n) is 6.40. The van der Waals surface area contributed by atoms with Gasteiger partial charge in [0.2, 0.25) is 0 Å². The number of fused-ring (bicyclic) bond motifs is 3. The number of Topliss-reactive ketones (excluding diaryl/α,β-unsaturated/α-hetero) is 2. The number of carbonyl (C=O) groups is 3. The first-order valence-corrected chi connectivity index (χ1v) is 9.02. The third-order valence-corrected chi connectivity index (χ3v) is 7.70. The van der Waals surface area contributed by atoms with Crippen LogP contribution in [-0.4, -0.2) is 24.1 Å². The summed E-state index contributed by atoms with van der Waals surface area (Å²) in [6.45, 7) is 6.26. The number of ketones is 2. The molecule has 4 heteroatoms. The summed E-state index contributed by atoms with van der Waals surface area (Å²) < 4.78 is 5.51. The summed E-state index contributed by atoms with van der Waals surface area (Å²) in [5.74, 6) is 0.928. The standard InChI is InChI=1S/C19H26O4/c1-10-11-4-5-13(12(8-11)15(10)21)19-7-6-14(20)18(2,3)16(19)17(22)23-9-19/h10-13,16H,4-9H2,1-3H3. The maximum Gasteiger partial charge on any atom is 0.310 e. The molecule has 23 heavy (non-hydrogen) atoms. The molecule has 0 amide bonds. The zero-order valence-electron chi connectivity index (χ0n) is 14.3. The molecule has 6 unspecified atom stereocenters. The second-order valence-corrected chi connectivity index (χ2v) is 8.90.